The molecule has 1 aliphatic rings. The van der Waals surface area contributed by atoms with Crippen LogP contribution in [0.5, 0.6) is 0 Å². The highest BCUT2D eigenvalue weighted by molar-refractivity contribution is 6.31. The van der Waals surface area contributed by atoms with Crippen molar-refractivity contribution < 1.29 is 9.53 Å². The van der Waals surface area contributed by atoms with Gasteiger partial charge in [-0.05, 0) is 32.2 Å². The average Bonchev–Trinajstić information content (AvgIpc) is 2.47. The number of rotatable bonds is 5. The van der Waals surface area contributed by atoms with Crippen LogP contribution in [0.15, 0.2) is 18.2 Å². The average molecular weight is 312 g/mol. The van der Waals surface area contributed by atoms with Crippen molar-refractivity contribution in [1.82, 2.24) is 10.2 Å². The number of carbonyl (C=O) groups is 1. The second-order valence-electron chi connectivity index (χ2n) is 5.19. The summed E-state index contributed by atoms with van der Waals surface area (Å²) in [6.45, 7) is 5.71. The third kappa shape index (κ3) is 4.59. The molecule has 0 radical (unpaired) electrons. The predicted molar refractivity (Wildman–Crippen MR) is 85.2 cm³/mol. The van der Waals surface area contributed by atoms with Gasteiger partial charge in [0.25, 0.3) is 5.91 Å². The lowest BCUT2D eigenvalue weighted by Crippen LogP contribution is -2.46. The number of anilines is 1. The molecule has 1 unspecified atom stereocenters. The van der Waals surface area contributed by atoms with E-state index in [4.69, 9.17) is 16.3 Å². The predicted octanol–water partition coefficient (Wildman–Crippen LogP) is 1.83. The molecule has 1 saturated heterocycles. The largest absolute Gasteiger partial charge is 0.385 e. The molecule has 2 rings (SSSR count). The standard InChI is InChI=1S/C15H22ClN3O2/c1-3-17-14-5-4-11(16)8-13(14)15(20)18-9-12-10-19(2)6-7-21-12/h4-5,8,12,17H,3,6-7,9-10H2,1-2H3,(H,18,20). The van der Waals surface area contributed by atoms with Gasteiger partial charge >= 0.3 is 0 Å². The second kappa shape index (κ2) is 7.64. The van der Waals surface area contributed by atoms with E-state index in [1.165, 1.54) is 0 Å². The lowest BCUT2D eigenvalue weighted by atomic mass is 10.1. The van der Waals surface area contributed by atoms with Gasteiger partial charge in [0.05, 0.1) is 18.3 Å². The molecule has 0 aromatic heterocycles. The number of halogens is 1. The van der Waals surface area contributed by atoms with Crippen molar-refractivity contribution in [1.29, 1.82) is 0 Å². The minimum absolute atomic E-state index is 0.0365. The van der Waals surface area contributed by atoms with Crippen LogP contribution in [-0.2, 0) is 4.74 Å². The summed E-state index contributed by atoms with van der Waals surface area (Å²) in [5, 5.41) is 6.65. The van der Waals surface area contributed by atoms with Gasteiger partial charge in [0.2, 0.25) is 0 Å². The molecule has 0 spiro atoms. The van der Waals surface area contributed by atoms with Crippen molar-refractivity contribution in [2.75, 3.05) is 45.2 Å². The molecule has 21 heavy (non-hydrogen) atoms. The lowest BCUT2D eigenvalue weighted by Gasteiger charge is -2.30. The van der Waals surface area contributed by atoms with Crippen LogP contribution in [0, 0.1) is 0 Å². The van der Waals surface area contributed by atoms with Crippen molar-refractivity contribution in [3.63, 3.8) is 0 Å². The van der Waals surface area contributed by atoms with E-state index in [1.54, 1.807) is 12.1 Å². The first-order valence-electron chi connectivity index (χ1n) is 7.22. The summed E-state index contributed by atoms with van der Waals surface area (Å²) >= 11 is 5.99. The minimum Gasteiger partial charge on any atom is -0.385 e. The lowest BCUT2D eigenvalue weighted by molar-refractivity contribution is -0.0174. The Morgan fingerprint density at radius 1 is 1.52 bits per heavy atom. The molecule has 1 heterocycles. The number of likely N-dealkylation sites (N-methyl/N-ethyl adjacent to an activating group) is 1. The van der Waals surface area contributed by atoms with Gasteiger partial charge in [0.15, 0.2) is 0 Å². The van der Waals surface area contributed by atoms with E-state index in [0.717, 1.165) is 25.3 Å². The summed E-state index contributed by atoms with van der Waals surface area (Å²) in [5.41, 5.74) is 1.36. The smallest absolute Gasteiger partial charge is 0.253 e. The Morgan fingerprint density at radius 3 is 3.05 bits per heavy atom. The molecule has 116 valence electrons. The Kier molecular flexibility index (Phi) is 5.85. The summed E-state index contributed by atoms with van der Waals surface area (Å²) in [6, 6.07) is 5.28. The molecule has 0 aliphatic carbocycles. The number of morpholine rings is 1. The van der Waals surface area contributed by atoms with Gasteiger partial charge in [0, 0.05) is 36.9 Å². The summed E-state index contributed by atoms with van der Waals surface area (Å²) in [4.78, 5) is 14.5. The zero-order valence-corrected chi connectivity index (χ0v) is 13.2. The van der Waals surface area contributed by atoms with Crippen LogP contribution in [0.2, 0.25) is 5.02 Å². The van der Waals surface area contributed by atoms with Crippen LogP contribution in [-0.4, -0.2) is 56.7 Å². The van der Waals surface area contributed by atoms with E-state index in [1.807, 2.05) is 13.0 Å². The molecule has 2 N–H and O–H groups in total. The first-order valence-corrected chi connectivity index (χ1v) is 7.59. The molecule has 0 bridgehead atoms. The van der Waals surface area contributed by atoms with E-state index >= 15 is 0 Å². The molecule has 6 heteroatoms. The zero-order valence-electron chi connectivity index (χ0n) is 12.5. The topological polar surface area (TPSA) is 53.6 Å². The summed E-state index contributed by atoms with van der Waals surface area (Å²) < 4.78 is 5.64. The van der Waals surface area contributed by atoms with Gasteiger partial charge in [-0.25, -0.2) is 0 Å². The molecular weight excluding hydrogens is 290 g/mol. The van der Waals surface area contributed by atoms with Crippen molar-refractivity contribution in [3.05, 3.63) is 28.8 Å². The number of nitrogens with zero attached hydrogens (tertiary/aromatic N) is 1. The van der Waals surface area contributed by atoms with Crippen molar-refractivity contribution in [2.24, 2.45) is 0 Å². The van der Waals surface area contributed by atoms with Crippen LogP contribution in [0.4, 0.5) is 5.69 Å². The monoisotopic (exact) mass is 311 g/mol. The highest BCUT2D eigenvalue weighted by atomic mass is 35.5. The number of hydrogen-bond donors (Lipinski definition) is 2. The Bertz CT molecular complexity index is 496. The minimum atomic E-state index is -0.134. The highest BCUT2D eigenvalue weighted by Gasteiger charge is 2.19. The van der Waals surface area contributed by atoms with Gasteiger partial charge < -0.3 is 20.3 Å². The molecule has 1 atom stereocenters. The zero-order chi connectivity index (χ0) is 15.2. The fraction of sp³-hybridized carbons (Fsp3) is 0.533. The SMILES string of the molecule is CCNc1ccc(Cl)cc1C(=O)NCC1CN(C)CCO1. The number of benzene rings is 1. The third-order valence-electron chi connectivity index (χ3n) is 3.43. The molecule has 1 fully saturated rings. The van der Waals surface area contributed by atoms with Gasteiger partial charge in [-0.2, -0.15) is 0 Å². The van der Waals surface area contributed by atoms with Gasteiger partial charge in [-0.3, -0.25) is 4.79 Å². The van der Waals surface area contributed by atoms with Crippen LogP contribution >= 0.6 is 11.6 Å². The Balaban J connectivity index is 1.97. The third-order valence-corrected chi connectivity index (χ3v) is 3.66. The van der Waals surface area contributed by atoms with Crippen LogP contribution < -0.4 is 10.6 Å². The highest BCUT2D eigenvalue weighted by Crippen LogP contribution is 2.20. The van der Waals surface area contributed by atoms with E-state index in [0.29, 0.717) is 23.7 Å². The maximum absolute atomic E-state index is 12.3. The summed E-state index contributed by atoms with van der Waals surface area (Å²) in [7, 11) is 2.05. The Labute approximate surface area is 130 Å². The van der Waals surface area contributed by atoms with Gasteiger partial charge in [0.1, 0.15) is 0 Å². The van der Waals surface area contributed by atoms with E-state index in [2.05, 4.69) is 22.6 Å². The van der Waals surface area contributed by atoms with E-state index < -0.39 is 0 Å². The molecular formula is C15H22ClN3O2. The normalized spacial score (nSPS) is 19.3. The molecule has 1 aromatic carbocycles. The number of hydrogen-bond acceptors (Lipinski definition) is 4. The second-order valence-corrected chi connectivity index (χ2v) is 5.62. The molecule has 1 aliphatic heterocycles. The van der Waals surface area contributed by atoms with Crippen molar-refractivity contribution in [2.45, 2.75) is 13.0 Å². The van der Waals surface area contributed by atoms with Crippen LogP contribution in [0.3, 0.4) is 0 Å². The van der Waals surface area contributed by atoms with Crippen LogP contribution in [0.1, 0.15) is 17.3 Å². The quantitative estimate of drug-likeness (QED) is 0.871. The maximum atomic E-state index is 12.3. The van der Waals surface area contributed by atoms with E-state index in [-0.39, 0.29) is 12.0 Å². The Hall–Kier alpha value is -1.30. The number of carbonyl (C=O) groups excluding carboxylic acids is 1. The maximum Gasteiger partial charge on any atom is 0.253 e. The van der Waals surface area contributed by atoms with Crippen molar-refractivity contribution in [3.8, 4) is 0 Å². The first kappa shape index (κ1) is 16.1. The molecule has 0 saturated carbocycles. The summed E-state index contributed by atoms with van der Waals surface area (Å²) in [6.07, 6.45) is 0.0365. The van der Waals surface area contributed by atoms with Crippen molar-refractivity contribution >= 4 is 23.2 Å². The molecule has 1 aromatic rings. The Morgan fingerprint density at radius 2 is 2.33 bits per heavy atom. The van der Waals surface area contributed by atoms with Gasteiger partial charge in [-0.1, -0.05) is 11.6 Å². The fourth-order valence-electron chi connectivity index (χ4n) is 2.34. The summed E-state index contributed by atoms with van der Waals surface area (Å²) in [5.74, 6) is -0.134. The van der Waals surface area contributed by atoms with E-state index in [9.17, 15) is 4.79 Å². The number of ether oxygens (including phenoxy) is 1. The molecule has 1 amide bonds. The number of nitrogens with one attached hydrogen (secondary N) is 2. The van der Waals surface area contributed by atoms with Gasteiger partial charge in [-0.15, -0.1) is 0 Å². The van der Waals surface area contributed by atoms with Crippen LogP contribution in [0.25, 0.3) is 0 Å². The first-order chi connectivity index (χ1) is 10.1. The number of amides is 1. The molecule has 5 nitrogen and oxygen atoms in total. The fourth-order valence-corrected chi connectivity index (χ4v) is 2.51.